The molecule has 7 nitrogen and oxygen atoms in total. The van der Waals surface area contributed by atoms with Crippen molar-refractivity contribution in [2.24, 2.45) is 0 Å². The minimum absolute atomic E-state index is 0.120. The van der Waals surface area contributed by atoms with E-state index < -0.39 is 0 Å². The van der Waals surface area contributed by atoms with Gasteiger partial charge in [-0.2, -0.15) is 5.10 Å². The Hall–Kier alpha value is -3.74. The molecule has 0 radical (unpaired) electrons. The number of para-hydroxylation sites is 1. The predicted octanol–water partition coefficient (Wildman–Crippen LogP) is 3.15. The van der Waals surface area contributed by atoms with E-state index in [0.29, 0.717) is 11.0 Å². The van der Waals surface area contributed by atoms with Crippen molar-refractivity contribution in [3.8, 4) is 5.69 Å². The lowest BCUT2D eigenvalue weighted by Crippen LogP contribution is -2.28. The van der Waals surface area contributed by atoms with Crippen LogP contribution < -0.4 is 10.9 Å². The van der Waals surface area contributed by atoms with E-state index in [1.54, 1.807) is 4.68 Å². The van der Waals surface area contributed by atoms with Crippen LogP contribution in [0.3, 0.4) is 0 Å². The Morgan fingerprint density at radius 3 is 2.52 bits per heavy atom. The summed E-state index contributed by atoms with van der Waals surface area (Å²) in [4.78, 5) is 29.7. The molecule has 146 valence electrons. The molecule has 1 N–H and O–H groups in total. The van der Waals surface area contributed by atoms with Gasteiger partial charge in [0.15, 0.2) is 5.65 Å². The topological polar surface area (TPSA) is 81.8 Å². The molecule has 0 aliphatic heterocycles. The van der Waals surface area contributed by atoms with E-state index in [9.17, 15) is 9.59 Å². The Balaban J connectivity index is 1.64. The molecule has 29 heavy (non-hydrogen) atoms. The van der Waals surface area contributed by atoms with Gasteiger partial charge >= 0.3 is 0 Å². The highest BCUT2D eigenvalue weighted by molar-refractivity contribution is 5.91. The number of fused-ring (bicyclic) bond motifs is 1. The summed E-state index contributed by atoms with van der Waals surface area (Å²) in [5.74, 6) is -0.288. The zero-order valence-corrected chi connectivity index (χ0v) is 16.5. The molecule has 4 aromatic rings. The number of rotatable bonds is 4. The van der Waals surface area contributed by atoms with Gasteiger partial charge in [0.05, 0.1) is 11.9 Å². The number of anilines is 1. The number of hydrogen-bond donors (Lipinski definition) is 1. The largest absolute Gasteiger partial charge is 0.324 e. The Kier molecular flexibility index (Phi) is 4.72. The fourth-order valence-electron chi connectivity index (χ4n) is 3.38. The van der Waals surface area contributed by atoms with Gasteiger partial charge in [0.1, 0.15) is 18.3 Å². The van der Waals surface area contributed by atoms with E-state index in [4.69, 9.17) is 0 Å². The number of aryl methyl sites for hydroxylation is 3. The molecule has 0 bridgehead atoms. The number of hydrogen-bond acceptors (Lipinski definition) is 4. The van der Waals surface area contributed by atoms with Crippen molar-refractivity contribution >= 4 is 22.6 Å². The highest BCUT2D eigenvalue weighted by Gasteiger charge is 2.14. The Bertz CT molecular complexity index is 1270. The Labute approximate surface area is 167 Å². The highest BCUT2D eigenvalue weighted by Crippen LogP contribution is 2.17. The van der Waals surface area contributed by atoms with Gasteiger partial charge in [-0.25, -0.2) is 9.67 Å². The van der Waals surface area contributed by atoms with Crippen LogP contribution in [-0.4, -0.2) is 25.2 Å². The Morgan fingerprint density at radius 2 is 1.79 bits per heavy atom. The van der Waals surface area contributed by atoms with Gasteiger partial charge in [0.25, 0.3) is 5.56 Å². The van der Waals surface area contributed by atoms with Crippen LogP contribution in [-0.2, 0) is 11.3 Å². The molecule has 0 aliphatic rings. The average molecular weight is 387 g/mol. The third kappa shape index (κ3) is 3.67. The van der Waals surface area contributed by atoms with Gasteiger partial charge in [-0.1, -0.05) is 24.3 Å². The first-order chi connectivity index (χ1) is 13.9. The molecule has 2 aromatic carbocycles. The number of carbonyl (C=O) groups excluding carboxylic acids is 1. The minimum Gasteiger partial charge on any atom is -0.324 e. The number of nitrogens with one attached hydrogen (secondary N) is 1. The fraction of sp³-hybridized carbons (Fsp3) is 0.182. The number of carbonyl (C=O) groups is 1. The van der Waals surface area contributed by atoms with Gasteiger partial charge < -0.3 is 5.32 Å². The maximum atomic E-state index is 12.9. The average Bonchev–Trinajstić information content (AvgIpc) is 3.10. The van der Waals surface area contributed by atoms with Crippen LogP contribution in [0.25, 0.3) is 16.7 Å². The summed E-state index contributed by atoms with van der Waals surface area (Å²) in [6.45, 7) is 5.81. The smallest absolute Gasteiger partial charge is 0.264 e. The molecule has 0 spiro atoms. The lowest BCUT2D eigenvalue weighted by molar-refractivity contribution is -0.116. The van der Waals surface area contributed by atoms with Gasteiger partial charge in [0.2, 0.25) is 5.91 Å². The maximum absolute atomic E-state index is 12.9. The molecule has 0 unspecified atom stereocenters. The van der Waals surface area contributed by atoms with Crippen molar-refractivity contribution in [2.45, 2.75) is 27.3 Å². The van der Waals surface area contributed by atoms with Crippen molar-refractivity contribution in [3.05, 3.63) is 82.0 Å². The first-order valence-corrected chi connectivity index (χ1v) is 9.30. The third-order valence-electron chi connectivity index (χ3n) is 4.74. The predicted molar refractivity (Wildman–Crippen MR) is 112 cm³/mol. The van der Waals surface area contributed by atoms with Crippen molar-refractivity contribution in [1.82, 2.24) is 19.3 Å². The maximum Gasteiger partial charge on any atom is 0.264 e. The number of amides is 1. The Morgan fingerprint density at radius 1 is 1.07 bits per heavy atom. The summed E-state index contributed by atoms with van der Waals surface area (Å²) in [6, 6.07) is 13.5. The molecule has 7 heteroatoms. The lowest BCUT2D eigenvalue weighted by Gasteiger charge is -2.10. The monoisotopic (exact) mass is 387 g/mol. The van der Waals surface area contributed by atoms with Crippen molar-refractivity contribution in [3.63, 3.8) is 0 Å². The lowest BCUT2D eigenvalue weighted by atomic mass is 10.1. The summed E-state index contributed by atoms with van der Waals surface area (Å²) in [7, 11) is 0. The van der Waals surface area contributed by atoms with E-state index in [-0.39, 0.29) is 18.0 Å². The molecular weight excluding hydrogens is 366 g/mol. The van der Waals surface area contributed by atoms with Gasteiger partial charge in [-0.05, 0) is 55.7 Å². The molecule has 0 saturated carbocycles. The molecule has 2 aromatic heterocycles. The second-order valence-corrected chi connectivity index (χ2v) is 7.18. The van der Waals surface area contributed by atoms with Crippen LogP contribution in [0.1, 0.15) is 16.7 Å². The fourth-order valence-corrected chi connectivity index (χ4v) is 3.38. The molecule has 2 heterocycles. The zero-order chi connectivity index (χ0) is 20.5. The summed E-state index contributed by atoms with van der Waals surface area (Å²) in [5.41, 5.74) is 4.90. The molecular formula is C22H21N5O2. The SMILES string of the molecule is Cc1cc(C)cc(-n2ncc3c(=O)n(CC(=O)Nc4ccccc4C)cnc32)c1. The summed E-state index contributed by atoms with van der Waals surface area (Å²) >= 11 is 0. The second-order valence-electron chi connectivity index (χ2n) is 7.18. The van der Waals surface area contributed by atoms with Crippen LogP contribution in [0.15, 0.2) is 59.8 Å². The third-order valence-corrected chi connectivity index (χ3v) is 4.74. The molecule has 0 fully saturated rings. The first-order valence-electron chi connectivity index (χ1n) is 9.30. The van der Waals surface area contributed by atoms with E-state index in [2.05, 4.69) is 21.5 Å². The van der Waals surface area contributed by atoms with Crippen LogP contribution >= 0.6 is 0 Å². The van der Waals surface area contributed by atoms with Gasteiger partial charge in [0, 0.05) is 5.69 Å². The second kappa shape index (κ2) is 7.35. The van der Waals surface area contributed by atoms with Crippen LogP contribution in [0.4, 0.5) is 5.69 Å². The zero-order valence-electron chi connectivity index (χ0n) is 16.5. The number of benzene rings is 2. The summed E-state index contributed by atoms with van der Waals surface area (Å²) < 4.78 is 2.94. The van der Waals surface area contributed by atoms with E-state index in [0.717, 1.165) is 28.1 Å². The normalized spacial score (nSPS) is 11.0. The number of nitrogens with zero attached hydrogens (tertiary/aromatic N) is 4. The molecule has 1 amide bonds. The van der Waals surface area contributed by atoms with E-state index in [1.165, 1.54) is 17.1 Å². The van der Waals surface area contributed by atoms with Crippen molar-refractivity contribution < 1.29 is 4.79 Å². The minimum atomic E-state index is -0.300. The van der Waals surface area contributed by atoms with Crippen molar-refractivity contribution in [2.75, 3.05) is 5.32 Å². The van der Waals surface area contributed by atoms with Gasteiger partial charge in [-0.3, -0.25) is 14.2 Å². The highest BCUT2D eigenvalue weighted by atomic mass is 16.2. The number of aromatic nitrogens is 4. The molecule has 0 atom stereocenters. The quantitative estimate of drug-likeness (QED) is 0.583. The summed E-state index contributed by atoms with van der Waals surface area (Å²) in [5, 5.41) is 7.55. The van der Waals surface area contributed by atoms with Crippen LogP contribution in [0, 0.1) is 20.8 Å². The van der Waals surface area contributed by atoms with E-state index >= 15 is 0 Å². The molecule has 0 saturated heterocycles. The van der Waals surface area contributed by atoms with Crippen LogP contribution in [0.2, 0.25) is 0 Å². The molecule has 4 rings (SSSR count). The van der Waals surface area contributed by atoms with Crippen LogP contribution in [0.5, 0.6) is 0 Å². The van der Waals surface area contributed by atoms with Crippen molar-refractivity contribution in [1.29, 1.82) is 0 Å². The first kappa shape index (κ1) is 18.6. The van der Waals surface area contributed by atoms with Gasteiger partial charge in [-0.15, -0.1) is 0 Å². The van der Waals surface area contributed by atoms with E-state index in [1.807, 2.05) is 57.2 Å². The standard InChI is InChI=1S/C22H21N5O2/c1-14-8-15(2)10-17(9-14)27-21-18(11-24-27)22(29)26(13-23-21)12-20(28)25-19-7-5-4-6-16(19)3/h4-11,13H,12H2,1-3H3,(H,25,28). The summed E-state index contributed by atoms with van der Waals surface area (Å²) in [6.07, 6.45) is 2.89. The molecule has 0 aliphatic carbocycles.